The maximum Gasteiger partial charge on any atom is 0.187 e. The van der Waals surface area contributed by atoms with Crippen molar-refractivity contribution in [2.75, 3.05) is 26.1 Å². The van der Waals surface area contributed by atoms with Gasteiger partial charge in [0, 0.05) is 12.6 Å². The predicted octanol–water partition coefficient (Wildman–Crippen LogP) is 2.98. The lowest BCUT2D eigenvalue weighted by Crippen LogP contribution is -2.00. The Morgan fingerprint density at radius 2 is 1.90 bits per heavy atom. The van der Waals surface area contributed by atoms with E-state index in [1.165, 1.54) is 6.33 Å². The van der Waals surface area contributed by atoms with Crippen LogP contribution in [-0.4, -0.2) is 30.7 Å². The summed E-state index contributed by atoms with van der Waals surface area (Å²) in [6, 6.07) is 7.81. The number of aromatic nitrogens is 2. The third-order valence-electron chi connectivity index (χ3n) is 2.85. The fraction of sp³-hybridized carbons (Fsp3) is 0.333. The molecular weight excluding hydrogens is 254 g/mol. The molecule has 1 heterocycles. The Kier molecular flexibility index (Phi) is 4.76. The summed E-state index contributed by atoms with van der Waals surface area (Å²) >= 11 is 0. The largest absolute Gasteiger partial charge is 0.494 e. The molecule has 0 bridgehead atoms. The molecule has 0 unspecified atom stereocenters. The van der Waals surface area contributed by atoms with Crippen molar-refractivity contribution in [1.82, 2.24) is 9.97 Å². The molecule has 2 aromatic rings. The lowest BCUT2D eigenvalue weighted by molar-refractivity contribution is 0.317. The normalized spacial score (nSPS) is 10.2. The summed E-state index contributed by atoms with van der Waals surface area (Å²) < 4.78 is 11.0. The summed E-state index contributed by atoms with van der Waals surface area (Å²) in [6.45, 7) is 2.81. The van der Waals surface area contributed by atoms with E-state index >= 15 is 0 Å². The Morgan fingerprint density at radius 1 is 1.15 bits per heavy atom. The van der Waals surface area contributed by atoms with E-state index in [1.807, 2.05) is 24.3 Å². The van der Waals surface area contributed by atoms with E-state index in [4.69, 9.17) is 9.47 Å². The standard InChI is InChI=1S/C15H19N3O2/c1-4-9-20-12-7-5-11(6-8-12)13-14(19-3)15(16-2)18-10-17-13/h5-8,10H,4,9H2,1-3H3,(H,16,17,18). The molecule has 0 spiro atoms. The van der Waals surface area contributed by atoms with Crippen molar-refractivity contribution in [2.24, 2.45) is 0 Å². The van der Waals surface area contributed by atoms with Gasteiger partial charge in [-0.3, -0.25) is 0 Å². The zero-order chi connectivity index (χ0) is 14.4. The van der Waals surface area contributed by atoms with Crippen LogP contribution < -0.4 is 14.8 Å². The maximum atomic E-state index is 5.57. The second kappa shape index (κ2) is 6.75. The average molecular weight is 273 g/mol. The van der Waals surface area contributed by atoms with Gasteiger partial charge in [0.1, 0.15) is 17.8 Å². The van der Waals surface area contributed by atoms with Gasteiger partial charge in [0.2, 0.25) is 0 Å². The van der Waals surface area contributed by atoms with Crippen molar-refractivity contribution in [3.63, 3.8) is 0 Å². The van der Waals surface area contributed by atoms with Crippen LogP contribution in [0.1, 0.15) is 13.3 Å². The van der Waals surface area contributed by atoms with Crippen molar-refractivity contribution in [1.29, 1.82) is 0 Å². The fourth-order valence-electron chi connectivity index (χ4n) is 1.88. The van der Waals surface area contributed by atoms with Crippen LogP contribution in [0.4, 0.5) is 5.82 Å². The second-order valence-corrected chi connectivity index (χ2v) is 4.23. The number of hydrogen-bond acceptors (Lipinski definition) is 5. The van der Waals surface area contributed by atoms with Crippen molar-refractivity contribution in [3.8, 4) is 22.8 Å². The van der Waals surface area contributed by atoms with Crippen molar-refractivity contribution >= 4 is 5.82 Å². The molecule has 5 nitrogen and oxygen atoms in total. The zero-order valence-corrected chi connectivity index (χ0v) is 12.0. The number of methoxy groups -OCH3 is 1. The van der Waals surface area contributed by atoms with Gasteiger partial charge in [-0.1, -0.05) is 6.92 Å². The van der Waals surface area contributed by atoms with Crippen LogP contribution in [0.3, 0.4) is 0 Å². The van der Waals surface area contributed by atoms with Crippen LogP contribution in [-0.2, 0) is 0 Å². The smallest absolute Gasteiger partial charge is 0.187 e. The predicted molar refractivity (Wildman–Crippen MR) is 79.4 cm³/mol. The minimum Gasteiger partial charge on any atom is -0.494 e. The first-order chi connectivity index (χ1) is 9.80. The summed E-state index contributed by atoms with van der Waals surface area (Å²) in [5.41, 5.74) is 1.72. The lowest BCUT2D eigenvalue weighted by Gasteiger charge is -2.11. The topological polar surface area (TPSA) is 56.3 Å². The van der Waals surface area contributed by atoms with E-state index in [0.717, 1.165) is 30.0 Å². The number of rotatable bonds is 6. The van der Waals surface area contributed by atoms with E-state index in [9.17, 15) is 0 Å². The van der Waals surface area contributed by atoms with Crippen LogP contribution in [0.25, 0.3) is 11.3 Å². The molecule has 106 valence electrons. The van der Waals surface area contributed by atoms with Gasteiger partial charge in [0.15, 0.2) is 11.6 Å². The number of benzene rings is 1. The first-order valence-electron chi connectivity index (χ1n) is 6.60. The maximum absolute atomic E-state index is 5.57. The highest BCUT2D eigenvalue weighted by Gasteiger charge is 2.12. The van der Waals surface area contributed by atoms with Gasteiger partial charge in [-0.05, 0) is 30.7 Å². The molecule has 1 N–H and O–H groups in total. The Hall–Kier alpha value is -2.30. The Bertz CT molecular complexity index is 556. The zero-order valence-electron chi connectivity index (χ0n) is 12.0. The van der Waals surface area contributed by atoms with E-state index in [-0.39, 0.29) is 0 Å². The van der Waals surface area contributed by atoms with Crippen LogP contribution >= 0.6 is 0 Å². The van der Waals surface area contributed by atoms with Gasteiger partial charge >= 0.3 is 0 Å². The molecule has 20 heavy (non-hydrogen) atoms. The summed E-state index contributed by atoms with van der Waals surface area (Å²) in [5.74, 6) is 2.17. The van der Waals surface area contributed by atoms with Gasteiger partial charge in [0.05, 0.1) is 13.7 Å². The summed E-state index contributed by atoms with van der Waals surface area (Å²) in [5, 5.41) is 3.00. The molecule has 1 aromatic heterocycles. The van der Waals surface area contributed by atoms with Gasteiger partial charge in [-0.15, -0.1) is 0 Å². The Labute approximate surface area is 119 Å². The van der Waals surface area contributed by atoms with Crippen LogP contribution in [0.5, 0.6) is 11.5 Å². The number of anilines is 1. The Balaban J connectivity index is 2.31. The highest BCUT2D eigenvalue weighted by atomic mass is 16.5. The third-order valence-corrected chi connectivity index (χ3v) is 2.85. The summed E-state index contributed by atoms with van der Waals surface area (Å²) in [7, 11) is 3.41. The highest BCUT2D eigenvalue weighted by molar-refractivity contribution is 5.72. The molecule has 0 saturated heterocycles. The summed E-state index contributed by atoms with van der Waals surface area (Å²) in [6.07, 6.45) is 2.51. The Morgan fingerprint density at radius 3 is 2.50 bits per heavy atom. The minimum absolute atomic E-state index is 0.636. The number of ether oxygens (including phenoxy) is 2. The fourth-order valence-corrected chi connectivity index (χ4v) is 1.88. The number of nitrogens with zero attached hydrogens (tertiary/aromatic N) is 2. The quantitative estimate of drug-likeness (QED) is 0.876. The molecule has 0 fully saturated rings. The first-order valence-corrected chi connectivity index (χ1v) is 6.60. The monoisotopic (exact) mass is 273 g/mol. The van der Waals surface area contributed by atoms with E-state index in [1.54, 1.807) is 14.2 Å². The highest BCUT2D eigenvalue weighted by Crippen LogP contribution is 2.33. The number of nitrogens with one attached hydrogen (secondary N) is 1. The molecule has 0 atom stereocenters. The van der Waals surface area contributed by atoms with Crippen LogP contribution in [0, 0.1) is 0 Å². The van der Waals surface area contributed by atoms with Gasteiger partial charge < -0.3 is 14.8 Å². The third kappa shape index (κ3) is 2.99. The van der Waals surface area contributed by atoms with Gasteiger partial charge in [-0.2, -0.15) is 0 Å². The molecule has 5 heteroatoms. The first kappa shape index (κ1) is 14.1. The number of hydrogen-bond donors (Lipinski definition) is 1. The van der Waals surface area contributed by atoms with Crippen LogP contribution in [0.15, 0.2) is 30.6 Å². The lowest BCUT2D eigenvalue weighted by atomic mass is 10.1. The van der Waals surface area contributed by atoms with Crippen molar-refractivity contribution < 1.29 is 9.47 Å². The van der Waals surface area contributed by atoms with E-state index in [2.05, 4.69) is 22.2 Å². The minimum atomic E-state index is 0.636. The molecule has 0 aliphatic heterocycles. The molecule has 0 radical (unpaired) electrons. The van der Waals surface area contributed by atoms with E-state index < -0.39 is 0 Å². The average Bonchev–Trinajstić information content (AvgIpc) is 2.52. The molecular formula is C15H19N3O2. The van der Waals surface area contributed by atoms with Gasteiger partial charge in [-0.25, -0.2) is 9.97 Å². The van der Waals surface area contributed by atoms with E-state index in [0.29, 0.717) is 11.6 Å². The second-order valence-electron chi connectivity index (χ2n) is 4.23. The van der Waals surface area contributed by atoms with Gasteiger partial charge in [0.25, 0.3) is 0 Å². The molecule has 0 saturated carbocycles. The van der Waals surface area contributed by atoms with Crippen molar-refractivity contribution in [2.45, 2.75) is 13.3 Å². The molecule has 2 rings (SSSR count). The molecule has 0 aliphatic carbocycles. The SMILES string of the molecule is CCCOc1ccc(-c2ncnc(NC)c2OC)cc1. The molecule has 1 aromatic carbocycles. The molecule has 0 aliphatic rings. The summed E-state index contributed by atoms with van der Waals surface area (Å²) in [4.78, 5) is 8.44. The molecule has 0 amide bonds. The van der Waals surface area contributed by atoms with Crippen LogP contribution in [0.2, 0.25) is 0 Å². The van der Waals surface area contributed by atoms with Crippen molar-refractivity contribution in [3.05, 3.63) is 30.6 Å².